The Morgan fingerprint density at radius 2 is 1.97 bits per heavy atom. The van der Waals surface area contributed by atoms with Crippen molar-refractivity contribution in [1.29, 1.82) is 0 Å². The van der Waals surface area contributed by atoms with E-state index in [4.69, 9.17) is 4.74 Å². The van der Waals surface area contributed by atoms with Crippen molar-refractivity contribution in [3.8, 4) is 5.75 Å². The van der Waals surface area contributed by atoms with Crippen LogP contribution in [0.4, 0.5) is 4.79 Å². The zero-order chi connectivity index (χ0) is 22.1. The molecule has 6 heteroatoms. The summed E-state index contributed by atoms with van der Waals surface area (Å²) in [5, 5.41) is 3.10. The van der Waals surface area contributed by atoms with Gasteiger partial charge in [0, 0.05) is 31.2 Å². The van der Waals surface area contributed by atoms with E-state index in [0.29, 0.717) is 13.1 Å². The van der Waals surface area contributed by atoms with Gasteiger partial charge in [-0.1, -0.05) is 42.5 Å². The van der Waals surface area contributed by atoms with E-state index in [9.17, 15) is 9.59 Å². The van der Waals surface area contributed by atoms with Crippen LogP contribution in [0.2, 0.25) is 0 Å². The van der Waals surface area contributed by atoms with Crippen LogP contribution < -0.4 is 10.1 Å². The Morgan fingerprint density at radius 3 is 2.78 bits per heavy atom. The van der Waals surface area contributed by atoms with Crippen LogP contribution in [0.15, 0.2) is 48.5 Å². The first kappa shape index (κ1) is 20.9. The summed E-state index contributed by atoms with van der Waals surface area (Å²) in [6, 6.07) is 16.2. The SMILES string of the molecule is COc1cccc2c1CCN1C(=O)[C@@H]3CCCN(C(=O)NCCc4ccccc4)[C@@H]3C[C@H]21. The molecule has 32 heavy (non-hydrogen) atoms. The molecule has 0 unspecified atom stereocenters. The largest absolute Gasteiger partial charge is 0.496 e. The van der Waals surface area contributed by atoms with Crippen molar-refractivity contribution in [1.82, 2.24) is 15.1 Å². The number of nitrogens with one attached hydrogen (secondary N) is 1. The molecule has 0 bridgehead atoms. The maximum atomic E-state index is 13.5. The van der Waals surface area contributed by atoms with Gasteiger partial charge in [0.15, 0.2) is 0 Å². The number of carbonyl (C=O) groups excluding carboxylic acids is 2. The number of hydrogen-bond donors (Lipinski definition) is 1. The topological polar surface area (TPSA) is 61.9 Å². The van der Waals surface area contributed by atoms with Gasteiger partial charge >= 0.3 is 6.03 Å². The summed E-state index contributed by atoms with van der Waals surface area (Å²) in [5.74, 6) is 1.02. The van der Waals surface area contributed by atoms with Gasteiger partial charge in [0.1, 0.15) is 5.75 Å². The van der Waals surface area contributed by atoms with Gasteiger partial charge in [0.2, 0.25) is 5.91 Å². The first-order valence-electron chi connectivity index (χ1n) is 11.7. The highest BCUT2D eigenvalue weighted by Gasteiger charge is 2.48. The molecule has 2 fully saturated rings. The van der Waals surface area contributed by atoms with E-state index in [1.165, 1.54) is 16.7 Å². The van der Waals surface area contributed by atoms with Crippen molar-refractivity contribution in [2.75, 3.05) is 26.7 Å². The highest BCUT2D eigenvalue weighted by Crippen LogP contribution is 2.45. The van der Waals surface area contributed by atoms with Gasteiger partial charge in [0.05, 0.1) is 19.1 Å². The third-order valence-corrected chi connectivity index (χ3v) is 7.36. The molecule has 2 aromatic rings. The van der Waals surface area contributed by atoms with Crippen LogP contribution in [0.25, 0.3) is 0 Å². The molecular weight excluding hydrogens is 402 g/mol. The van der Waals surface area contributed by atoms with Gasteiger partial charge in [-0.25, -0.2) is 4.79 Å². The van der Waals surface area contributed by atoms with Gasteiger partial charge < -0.3 is 19.9 Å². The predicted octanol–water partition coefficient (Wildman–Crippen LogP) is 3.56. The highest BCUT2D eigenvalue weighted by atomic mass is 16.5. The Morgan fingerprint density at radius 1 is 1.12 bits per heavy atom. The van der Waals surface area contributed by atoms with Gasteiger partial charge in [0.25, 0.3) is 0 Å². The summed E-state index contributed by atoms with van der Waals surface area (Å²) >= 11 is 0. The van der Waals surface area contributed by atoms with E-state index in [-0.39, 0.29) is 29.9 Å². The number of fused-ring (bicyclic) bond motifs is 4. The number of amides is 3. The number of hydrogen-bond acceptors (Lipinski definition) is 3. The Kier molecular flexibility index (Phi) is 5.77. The van der Waals surface area contributed by atoms with Crippen LogP contribution in [-0.2, 0) is 17.6 Å². The van der Waals surface area contributed by atoms with Crippen molar-refractivity contribution in [3.63, 3.8) is 0 Å². The third kappa shape index (κ3) is 3.72. The molecule has 3 atom stereocenters. The molecule has 3 heterocycles. The highest BCUT2D eigenvalue weighted by molar-refractivity contribution is 5.83. The van der Waals surface area contributed by atoms with E-state index < -0.39 is 0 Å². The normalized spacial score (nSPS) is 24.3. The lowest BCUT2D eigenvalue weighted by Crippen LogP contribution is -2.61. The quantitative estimate of drug-likeness (QED) is 0.802. The zero-order valence-corrected chi connectivity index (χ0v) is 18.6. The fourth-order valence-corrected chi connectivity index (χ4v) is 5.82. The number of piperidine rings is 2. The van der Waals surface area contributed by atoms with Crippen LogP contribution in [0.3, 0.4) is 0 Å². The number of nitrogens with zero attached hydrogens (tertiary/aromatic N) is 2. The average Bonchev–Trinajstić information content (AvgIpc) is 2.84. The molecule has 0 aliphatic carbocycles. The summed E-state index contributed by atoms with van der Waals surface area (Å²) in [6.07, 6.45) is 4.16. The van der Waals surface area contributed by atoms with E-state index in [1.807, 2.05) is 35.2 Å². The fraction of sp³-hybridized carbons (Fsp3) is 0.462. The maximum absolute atomic E-state index is 13.5. The second-order valence-electron chi connectivity index (χ2n) is 9.04. The predicted molar refractivity (Wildman–Crippen MR) is 123 cm³/mol. The molecule has 6 nitrogen and oxygen atoms in total. The molecule has 0 spiro atoms. The molecule has 3 amide bonds. The fourth-order valence-electron chi connectivity index (χ4n) is 5.82. The monoisotopic (exact) mass is 433 g/mol. The minimum atomic E-state index is -0.0907. The Bertz CT molecular complexity index is 993. The molecule has 168 valence electrons. The molecule has 0 aromatic heterocycles. The van der Waals surface area contributed by atoms with Gasteiger partial charge in [-0.15, -0.1) is 0 Å². The van der Waals surface area contributed by atoms with Crippen molar-refractivity contribution in [2.24, 2.45) is 5.92 Å². The minimum absolute atomic E-state index is 0.0142. The Hall–Kier alpha value is -3.02. The third-order valence-electron chi connectivity index (χ3n) is 7.36. The Labute approximate surface area is 189 Å². The lowest BCUT2D eigenvalue weighted by atomic mass is 9.76. The minimum Gasteiger partial charge on any atom is -0.496 e. The van der Waals surface area contributed by atoms with Crippen molar-refractivity contribution >= 4 is 11.9 Å². The van der Waals surface area contributed by atoms with Crippen LogP contribution in [0.5, 0.6) is 5.75 Å². The lowest BCUT2D eigenvalue weighted by Gasteiger charge is -2.51. The summed E-state index contributed by atoms with van der Waals surface area (Å²) in [4.78, 5) is 30.6. The number of ether oxygens (including phenoxy) is 1. The van der Waals surface area contributed by atoms with Crippen molar-refractivity contribution < 1.29 is 14.3 Å². The number of urea groups is 1. The average molecular weight is 434 g/mol. The zero-order valence-electron chi connectivity index (χ0n) is 18.6. The second-order valence-corrected chi connectivity index (χ2v) is 9.04. The van der Waals surface area contributed by atoms with E-state index in [1.54, 1.807) is 7.11 Å². The van der Waals surface area contributed by atoms with Gasteiger partial charge in [-0.3, -0.25) is 4.79 Å². The number of carbonyl (C=O) groups is 2. The van der Waals surface area contributed by atoms with Gasteiger partial charge in [-0.05, 0) is 49.3 Å². The first-order chi connectivity index (χ1) is 15.7. The van der Waals surface area contributed by atoms with Crippen LogP contribution in [-0.4, -0.2) is 54.5 Å². The number of rotatable bonds is 4. The molecule has 0 radical (unpaired) electrons. The smallest absolute Gasteiger partial charge is 0.317 e. The first-order valence-corrected chi connectivity index (χ1v) is 11.7. The molecule has 3 aliphatic heterocycles. The number of methoxy groups -OCH3 is 1. The molecule has 2 aromatic carbocycles. The Balaban J connectivity index is 1.33. The molecule has 3 aliphatic rings. The summed E-state index contributed by atoms with van der Waals surface area (Å²) < 4.78 is 5.59. The van der Waals surface area contributed by atoms with Gasteiger partial charge in [-0.2, -0.15) is 0 Å². The lowest BCUT2D eigenvalue weighted by molar-refractivity contribution is -0.148. The molecule has 1 N–H and O–H groups in total. The van der Waals surface area contributed by atoms with Crippen molar-refractivity contribution in [3.05, 3.63) is 65.2 Å². The molecule has 2 saturated heterocycles. The maximum Gasteiger partial charge on any atom is 0.317 e. The summed E-state index contributed by atoms with van der Waals surface area (Å²) in [5.41, 5.74) is 3.59. The van der Waals surface area contributed by atoms with E-state index in [2.05, 4.69) is 28.4 Å². The summed E-state index contributed by atoms with van der Waals surface area (Å²) in [6.45, 7) is 2.03. The number of likely N-dealkylation sites (tertiary alicyclic amines) is 1. The molecular formula is C26H31N3O3. The second kappa shape index (κ2) is 8.85. The molecule has 0 saturated carbocycles. The van der Waals surface area contributed by atoms with Crippen LogP contribution in [0.1, 0.15) is 42.0 Å². The van der Waals surface area contributed by atoms with Crippen LogP contribution >= 0.6 is 0 Å². The number of benzene rings is 2. The molecule has 5 rings (SSSR count). The summed E-state index contributed by atoms with van der Waals surface area (Å²) in [7, 11) is 1.70. The van der Waals surface area contributed by atoms with E-state index >= 15 is 0 Å². The van der Waals surface area contributed by atoms with Crippen LogP contribution in [0, 0.1) is 5.92 Å². The standard InChI is InChI=1S/C26H31N3O3/c1-32-24-11-5-9-19-20(24)13-16-28-22(19)17-23-21(25(28)30)10-6-15-29(23)26(31)27-14-12-18-7-3-2-4-8-18/h2-5,7-9,11,21-23H,6,10,12-17H2,1H3,(H,27,31)/t21-,22-,23-/m1/s1. The van der Waals surface area contributed by atoms with Crippen molar-refractivity contribution in [2.45, 2.75) is 44.2 Å². The van der Waals surface area contributed by atoms with E-state index in [0.717, 1.165) is 44.4 Å².